The monoisotopic (exact) mass is 316 g/mol. The van der Waals surface area contributed by atoms with Gasteiger partial charge in [-0.3, -0.25) is 10.1 Å². The van der Waals surface area contributed by atoms with E-state index in [1.807, 2.05) is 30.3 Å². The first kappa shape index (κ1) is 14.0. The highest BCUT2D eigenvalue weighted by Crippen LogP contribution is 2.39. The number of hydrogen-bond acceptors (Lipinski definition) is 5. The van der Waals surface area contributed by atoms with Crippen molar-refractivity contribution in [1.29, 1.82) is 5.26 Å². The summed E-state index contributed by atoms with van der Waals surface area (Å²) in [7, 11) is 0. The third kappa shape index (κ3) is 2.11. The molecule has 1 aliphatic heterocycles. The molecule has 0 aliphatic carbocycles. The Morgan fingerprint density at radius 3 is 2.71 bits per heavy atom. The lowest BCUT2D eigenvalue weighted by Crippen LogP contribution is -2.16. The quantitative estimate of drug-likeness (QED) is 0.559. The van der Waals surface area contributed by atoms with E-state index in [2.05, 4.69) is 22.8 Å². The molecule has 2 N–H and O–H groups in total. The van der Waals surface area contributed by atoms with Gasteiger partial charge in [-0.1, -0.05) is 30.3 Å². The Morgan fingerprint density at radius 2 is 1.96 bits per heavy atom. The number of nitrogens with one attached hydrogen (secondary N) is 2. The average molecular weight is 316 g/mol. The van der Waals surface area contributed by atoms with Gasteiger partial charge >= 0.3 is 0 Å². The highest BCUT2D eigenvalue weighted by atomic mass is 16.6. The lowest BCUT2D eigenvalue weighted by molar-refractivity contribution is -0.384. The van der Waals surface area contributed by atoms with Crippen LogP contribution in [0, 0.1) is 21.4 Å². The number of nitro benzene ring substituents is 1. The maximum Gasteiger partial charge on any atom is 0.270 e. The fraction of sp³-hybridized carbons (Fsp3) is 0.0556. The molecule has 0 saturated carbocycles. The third-order valence-corrected chi connectivity index (χ3v) is 4.18. The van der Waals surface area contributed by atoms with Gasteiger partial charge in [0.05, 0.1) is 16.2 Å². The molecule has 1 unspecified atom stereocenters. The Labute approximate surface area is 137 Å². The predicted octanol–water partition coefficient (Wildman–Crippen LogP) is 4.16. The Kier molecular flexibility index (Phi) is 3.07. The van der Waals surface area contributed by atoms with Crippen LogP contribution in [-0.4, -0.2) is 4.92 Å². The van der Waals surface area contributed by atoms with Crippen LogP contribution in [-0.2, 0) is 0 Å². The van der Waals surface area contributed by atoms with E-state index >= 15 is 0 Å². The van der Waals surface area contributed by atoms with E-state index in [0.29, 0.717) is 5.69 Å². The zero-order chi connectivity index (χ0) is 16.7. The maximum atomic E-state index is 10.9. The first-order valence-corrected chi connectivity index (χ1v) is 7.40. The lowest BCUT2D eigenvalue weighted by atomic mass is 10.0. The number of nitrogens with zero attached hydrogens (tertiary/aromatic N) is 2. The number of anilines is 2. The second kappa shape index (κ2) is 5.25. The molecular weight excluding hydrogens is 304 g/mol. The summed E-state index contributed by atoms with van der Waals surface area (Å²) < 4.78 is 0. The minimum absolute atomic E-state index is 0.0955. The second-order valence-electron chi connectivity index (χ2n) is 5.57. The summed E-state index contributed by atoms with van der Waals surface area (Å²) in [6, 6.07) is 18.4. The van der Waals surface area contributed by atoms with E-state index in [1.54, 1.807) is 6.07 Å². The second-order valence-corrected chi connectivity index (χ2v) is 5.57. The van der Waals surface area contributed by atoms with Crippen LogP contribution in [0.4, 0.5) is 17.1 Å². The molecule has 116 valence electrons. The Morgan fingerprint density at radius 1 is 1.17 bits per heavy atom. The number of nitro groups is 1. The molecule has 0 radical (unpaired) electrons. The fourth-order valence-electron chi connectivity index (χ4n) is 3.10. The third-order valence-electron chi connectivity index (χ3n) is 4.18. The number of nitriles is 1. The molecule has 1 heterocycles. The van der Waals surface area contributed by atoms with Gasteiger partial charge in [-0.25, -0.2) is 0 Å². The van der Waals surface area contributed by atoms with E-state index in [1.165, 1.54) is 12.1 Å². The molecule has 24 heavy (non-hydrogen) atoms. The van der Waals surface area contributed by atoms with Gasteiger partial charge in [0.2, 0.25) is 0 Å². The summed E-state index contributed by atoms with van der Waals surface area (Å²) in [5.74, 6) is 0. The van der Waals surface area contributed by atoms with Crippen molar-refractivity contribution in [3.8, 4) is 6.07 Å². The van der Waals surface area contributed by atoms with E-state index in [9.17, 15) is 15.4 Å². The van der Waals surface area contributed by atoms with Crippen LogP contribution in [0.25, 0.3) is 10.8 Å². The lowest BCUT2D eigenvalue weighted by Gasteiger charge is -2.17. The summed E-state index contributed by atoms with van der Waals surface area (Å²) in [5.41, 5.74) is 2.83. The van der Waals surface area contributed by atoms with E-state index in [0.717, 1.165) is 22.0 Å². The zero-order valence-electron chi connectivity index (χ0n) is 12.5. The molecule has 3 aromatic carbocycles. The summed E-state index contributed by atoms with van der Waals surface area (Å²) >= 11 is 0. The predicted molar refractivity (Wildman–Crippen MR) is 91.7 cm³/mol. The molecule has 1 aliphatic rings. The van der Waals surface area contributed by atoms with Crippen molar-refractivity contribution >= 4 is 27.8 Å². The first-order chi connectivity index (χ1) is 11.7. The van der Waals surface area contributed by atoms with Gasteiger partial charge < -0.3 is 10.6 Å². The molecule has 0 aromatic heterocycles. The largest absolute Gasteiger partial charge is 0.361 e. The first-order valence-electron chi connectivity index (χ1n) is 7.40. The number of hydrogen-bond donors (Lipinski definition) is 2. The van der Waals surface area contributed by atoms with Gasteiger partial charge in [0.25, 0.3) is 5.69 Å². The molecule has 0 amide bonds. The molecule has 0 fully saturated rings. The van der Waals surface area contributed by atoms with Crippen molar-refractivity contribution in [2.24, 2.45) is 0 Å². The van der Waals surface area contributed by atoms with Crippen LogP contribution in [0.2, 0.25) is 0 Å². The molecule has 6 nitrogen and oxygen atoms in total. The van der Waals surface area contributed by atoms with Crippen LogP contribution < -0.4 is 10.6 Å². The van der Waals surface area contributed by atoms with Crippen LogP contribution in [0.3, 0.4) is 0 Å². The van der Waals surface area contributed by atoms with Crippen molar-refractivity contribution < 1.29 is 4.92 Å². The van der Waals surface area contributed by atoms with Gasteiger partial charge in [0.1, 0.15) is 12.2 Å². The van der Waals surface area contributed by atoms with Gasteiger partial charge in [-0.05, 0) is 17.5 Å². The SMILES string of the molecule is N#Cc1cc([N+](=O)[O-])ccc1NC1Nc2cccc3cccc1c23. The summed E-state index contributed by atoms with van der Waals surface area (Å²) in [5, 5.41) is 29.1. The van der Waals surface area contributed by atoms with Crippen LogP contribution in [0.15, 0.2) is 54.6 Å². The van der Waals surface area contributed by atoms with Crippen molar-refractivity contribution in [3.63, 3.8) is 0 Å². The van der Waals surface area contributed by atoms with Crippen LogP contribution in [0.1, 0.15) is 17.3 Å². The van der Waals surface area contributed by atoms with Gasteiger partial charge in [-0.15, -0.1) is 0 Å². The fourth-order valence-corrected chi connectivity index (χ4v) is 3.10. The van der Waals surface area contributed by atoms with Crippen molar-refractivity contribution in [1.82, 2.24) is 0 Å². The molecular formula is C18H12N4O2. The van der Waals surface area contributed by atoms with Crippen molar-refractivity contribution in [2.75, 3.05) is 10.6 Å². The van der Waals surface area contributed by atoms with Crippen molar-refractivity contribution in [3.05, 3.63) is 75.8 Å². The normalized spacial score (nSPS) is 14.9. The highest BCUT2D eigenvalue weighted by molar-refractivity contribution is 6.00. The standard InChI is InChI=1S/C18H12N4O2/c19-10-12-9-13(22(23)24)7-8-15(12)20-18-14-5-1-3-11-4-2-6-16(21-18)17(11)14/h1-9,18,20-21H. The molecule has 0 spiro atoms. The summed E-state index contributed by atoms with van der Waals surface area (Å²) in [6.45, 7) is 0. The Balaban J connectivity index is 1.73. The Bertz CT molecular complexity index is 1020. The van der Waals surface area contributed by atoms with E-state index in [4.69, 9.17) is 0 Å². The van der Waals surface area contributed by atoms with Crippen LogP contribution >= 0.6 is 0 Å². The molecule has 3 aromatic rings. The maximum absolute atomic E-state index is 10.9. The van der Waals surface area contributed by atoms with E-state index < -0.39 is 4.92 Å². The number of benzene rings is 3. The van der Waals surface area contributed by atoms with Gasteiger partial charge in [0.15, 0.2) is 0 Å². The summed E-state index contributed by atoms with van der Waals surface area (Å²) in [4.78, 5) is 10.4. The average Bonchev–Trinajstić information content (AvgIpc) is 2.95. The Hall–Kier alpha value is -3.59. The van der Waals surface area contributed by atoms with Crippen molar-refractivity contribution in [2.45, 2.75) is 6.17 Å². The van der Waals surface area contributed by atoms with Gasteiger partial charge in [-0.2, -0.15) is 5.26 Å². The highest BCUT2D eigenvalue weighted by Gasteiger charge is 2.24. The number of non-ortho nitro benzene ring substituents is 1. The molecule has 4 rings (SSSR count). The molecule has 0 bridgehead atoms. The van der Waals surface area contributed by atoms with E-state index in [-0.39, 0.29) is 17.4 Å². The minimum Gasteiger partial charge on any atom is -0.361 e. The minimum atomic E-state index is -0.505. The smallest absolute Gasteiger partial charge is 0.270 e. The molecule has 0 saturated heterocycles. The van der Waals surface area contributed by atoms with Crippen LogP contribution in [0.5, 0.6) is 0 Å². The summed E-state index contributed by atoms with van der Waals surface area (Å²) in [6.07, 6.45) is -0.195. The molecule has 1 atom stereocenters. The topological polar surface area (TPSA) is 91.0 Å². The number of rotatable bonds is 3. The van der Waals surface area contributed by atoms with Gasteiger partial charge in [0, 0.05) is 28.8 Å². The zero-order valence-corrected chi connectivity index (χ0v) is 12.5. The molecule has 6 heteroatoms.